The van der Waals surface area contributed by atoms with Crippen molar-refractivity contribution in [3.63, 3.8) is 0 Å². The number of hydrogen-bond donors (Lipinski definition) is 1. The number of H-pyrrole nitrogens is 1. The molecule has 3 aromatic rings. The van der Waals surface area contributed by atoms with E-state index in [9.17, 15) is 5.26 Å². The van der Waals surface area contributed by atoms with Gasteiger partial charge in [-0.05, 0) is 43.4 Å². The Labute approximate surface area is 139 Å². The molecule has 0 amide bonds. The topological polar surface area (TPSA) is 51.9 Å². The molecule has 3 nitrogen and oxygen atoms in total. The molecule has 0 atom stereocenters. The first kappa shape index (κ1) is 14.2. The first-order valence-electron chi connectivity index (χ1n) is 8.01. The molecule has 1 aliphatic rings. The zero-order valence-electron chi connectivity index (χ0n) is 12.8. The summed E-state index contributed by atoms with van der Waals surface area (Å²) in [5, 5.41) is 11.6. The van der Waals surface area contributed by atoms with Crippen LogP contribution in [0.4, 0.5) is 5.00 Å². The molecule has 4 heteroatoms. The van der Waals surface area contributed by atoms with Crippen molar-refractivity contribution in [3.05, 3.63) is 52.0 Å². The predicted octanol–water partition coefficient (Wildman–Crippen LogP) is 5.12. The molecular formula is C19H17N3S. The van der Waals surface area contributed by atoms with E-state index in [0.717, 1.165) is 34.6 Å². The summed E-state index contributed by atoms with van der Waals surface area (Å²) in [4.78, 5) is 9.33. The summed E-state index contributed by atoms with van der Waals surface area (Å²) < 4.78 is 0. The molecule has 0 unspecified atom stereocenters. The van der Waals surface area contributed by atoms with E-state index in [2.05, 4.69) is 34.2 Å². The second-order valence-electron chi connectivity index (χ2n) is 5.93. The highest BCUT2D eigenvalue weighted by Crippen LogP contribution is 2.38. The molecular weight excluding hydrogens is 302 g/mol. The first-order chi connectivity index (χ1) is 11.3. The second kappa shape index (κ2) is 6.02. The van der Waals surface area contributed by atoms with E-state index in [1.807, 2.05) is 18.3 Å². The number of aryl methyl sites for hydroxylation is 1. The van der Waals surface area contributed by atoms with Crippen molar-refractivity contribution in [2.75, 3.05) is 0 Å². The fourth-order valence-electron chi connectivity index (χ4n) is 3.23. The van der Waals surface area contributed by atoms with E-state index in [4.69, 9.17) is 0 Å². The van der Waals surface area contributed by atoms with E-state index in [1.54, 1.807) is 11.3 Å². The van der Waals surface area contributed by atoms with Crippen LogP contribution < -0.4 is 0 Å². The van der Waals surface area contributed by atoms with Gasteiger partial charge in [0, 0.05) is 15.8 Å². The smallest absolute Gasteiger partial charge is 0.134 e. The Morgan fingerprint density at radius 2 is 2.04 bits per heavy atom. The van der Waals surface area contributed by atoms with Crippen LogP contribution in [0, 0.1) is 11.3 Å². The Morgan fingerprint density at radius 1 is 1.17 bits per heavy atom. The Hall–Kier alpha value is -2.38. The molecule has 0 bridgehead atoms. The maximum atomic E-state index is 9.54. The third-order valence-electron chi connectivity index (χ3n) is 4.39. The number of nitriles is 1. The normalized spacial score (nSPS) is 14.7. The molecule has 2 aromatic heterocycles. The molecule has 0 saturated carbocycles. The molecule has 0 spiro atoms. The van der Waals surface area contributed by atoms with Gasteiger partial charge >= 0.3 is 0 Å². The van der Waals surface area contributed by atoms with Gasteiger partial charge in [-0.2, -0.15) is 5.26 Å². The highest BCUT2D eigenvalue weighted by atomic mass is 32.1. The number of thiophene rings is 1. The Bertz CT molecular complexity index is 891. The molecule has 2 heterocycles. The lowest BCUT2D eigenvalue weighted by Crippen LogP contribution is -1.87. The lowest BCUT2D eigenvalue weighted by molar-refractivity contribution is 0.712. The highest BCUT2D eigenvalue weighted by Gasteiger charge is 2.19. The fraction of sp³-hybridized carbons (Fsp3) is 0.263. The quantitative estimate of drug-likeness (QED) is 0.517. The molecule has 23 heavy (non-hydrogen) atoms. The summed E-state index contributed by atoms with van der Waals surface area (Å²) in [6, 6.07) is 12.7. The molecule has 0 fully saturated rings. The zero-order valence-corrected chi connectivity index (χ0v) is 13.6. The van der Waals surface area contributed by atoms with Crippen LogP contribution in [0.2, 0.25) is 0 Å². The molecule has 1 aliphatic carbocycles. The number of rotatable bonds is 2. The van der Waals surface area contributed by atoms with Crippen LogP contribution in [0.5, 0.6) is 0 Å². The molecule has 1 N–H and O–H groups in total. The van der Waals surface area contributed by atoms with Crippen molar-refractivity contribution in [2.24, 2.45) is 4.99 Å². The monoisotopic (exact) mass is 319 g/mol. The van der Waals surface area contributed by atoms with Crippen LogP contribution in [0.3, 0.4) is 0 Å². The summed E-state index contributed by atoms with van der Waals surface area (Å²) in [5.41, 5.74) is 4.12. The van der Waals surface area contributed by atoms with Gasteiger partial charge in [-0.3, -0.25) is 0 Å². The first-order valence-corrected chi connectivity index (χ1v) is 8.83. The number of nitrogens with zero attached hydrogens (tertiary/aromatic N) is 2. The van der Waals surface area contributed by atoms with Crippen LogP contribution in [0.25, 0.3) is 10.9 Å². The van der Waals surface area contributed by atoms with Gasteiger partial charge in [-0.25, -0.2) is 4.99 Å². The third-order valence-corrected chi connectivity index (χ3v) is 5.59. The number of nitrogens with one attached hydrogen (secondary N) is 1. The Balaban J connectivity index is 1.69. The van der Waals surface area contributed by atoms with Gasteiger partial charge in [-0.15, -0.1) is 11.3 Å². The summed E-state index contributed by atoms with van der Waals surface area (Å²) >= 11 is 1.69. The standard InChI is InChI=1S/C19H17N3S/c20-11-16-15-7-2-1-3-9-18(15)23-19(16)21-12-14-10-13-6-4-5-8-17(13)22-14/h4-6,8,10,12,22H,1-3,7,9H2. The molecule has 0 aliphatic heterocycles. The largest absolute Gasteiger partial charge is 0.354 e. The van der Waals surface area contributed by atoms with Gasteiger partial charge in [0.15, 0.2) is 0 Å². The van der Waals surface area contributed by atoms with Crippen molar-refractivity contribution < 1.29 is 0 Å². The lowest BCUT2D eigenvalue weighted by atomic mass is 10.1. The summed E-state index contributed by atoms with van der Waals surface area (Å²) in [6.45, 7) is 0. The van der Waals surface area contributed by atoms with Crippen molar-refractivity contribution in [1.29, 1.82) is 5.26 Å². The highest BCUT2D eigenvalue weighted by molar-refractivity contribution is 7.16. The number of aromatic amines is 1. The van der Waals surface area contributed by atoms with Crippen LogP contribution in [0.15, 0.2) is 35.3 Å². The van der Waals surface area contributed by atoms with E-state index < -0.39 is 0 Å². The molecule has 0 saturated heterocycles. The summed E-state index contributed by atoms with van der Waals surface area (Å²) in [6.07, 6.45) is 7.63. The number of para-hydroxylation sites is 1. The van der Waals surface area contributed by atoms with Crippen molar-refractivity contribution in [2.45, 2.75) is 32.1 Å². The predicted molar refractivity (Wildman–Crippen MR) is 95.8 cm³/mol. The second-order valence-corrected chi connectivity index (χ2v) is 7.01. The summed E-state index contributed by atoms with van der Waals surface area (Å²) in [5.74, 6) is 0. The van der Waals surface area contributed by atoms with Gasteiger partial charge in [0.2, 0.25) is 0 Å². The van der Waals surface area contributed by atoms with Crippen molar-refractivity contribution >= 4 is 33.5 Å². The number of benzene rings is 1. The van der Waals surface area contributed by atoms with Crippen LogP contribution >= 0.6 is 11.3 Å². The van der Waals surface area contributed by atoms with Crippen LogP contribution in [0.1, 0.15) is 41.0 Å². The SMILES string of the molecule is N#Cc1c(N=Cc2cc3ccccc3[nH]2)sc2c1CCCCC2. The van der Waals surface area contributed by atoms with Crippen LogP contribution in [-0.2, 0) is 12.8 Å². The Kier molecular flexibility index (Phi) is 3.72. The van der Waals surface area contributed by atoms with Gasteiger partial charge < -0.3 is 4.98 Å². The maximum absolute atomic E-state index is 9.54. The number of hydrogen-bond acceptors (Lipinski definition) is 3. The molecule has 4 rings (SSSR count). The van der Waals surface area contributed by atoms with E-state index >= 15 is 0 Å². The van der Waals surface area contributed by atoms with Gasteiger partial charge in [0.05, 0.1) is 17.5 Å². The average molecular weight is 319 g/mol. The van der Waals surface area contributed by atoms with Gasteiger partial charge in [-0.1, -0.05) is 24.6 Å². The van der Waals surface area contributed by atoms with E-state index in [-0.39, 0.29) is 0 Å². The third kappa shape index (κ3) is 2.69. The van der Waals surface area contributed by atoms with Gasteiger partial charge in [0.25, 0.3) is 0 Å². The minimum atomic E-state index is 0.791. The fourth-order valence-corrected chi connectivity index (χ4v) is 4.41. The zero-order chi connectivity index (χ0) is 15.6. The van der Waals surface area contributed by atoms with Crippen LogP contribution in [-0.4, -0.2) is 11.2 Å². The number of aliphatic imine (C=N–C) groups is 1. The van der Waals surface area contributed by atoms with E-state index in [1.165, 1.54) is 35.1 Å². The van der Waals surface area contributed by atoms with Crippen molar-refractivity contribution in [3.8, 4) is 6.07 Å². The average Bonchev–Trinajstić information content (AvgIpc) is 3.05. The maximum Gasteiger partial charge on any atom is 0.134 e. The van der Waals surface area contributed by atoms with E-state index in [0.29, 0.717) is 0 Å². The van der Waals surface area contributed by atoms with Crippen molar-refractivity contribution in [1.82, 2.24) is 4.98 Å². The minimum absolute atomic E-state index is 0.791. The lowest BCUT2D eigenvalue weighted by Gasteiger charge is -1.96. The number of fused-ring (bicyclic) bond motifs is 2. The molecule has 0 radical (unpaired) electrons. The number of aromatic nitrogens is 1. The minimum Gasteiger partial charge on any atom is -0.354 e. The summed E-state index contributed by atoms with van der Waals surface area (Å²) in [7, 11) is 0. The Morgan fingerprint density at radius 3 is 2.91 bits per heavy atom. The molecule has 1 aromatic carbocycles. The molecule has 114 valence electrons. The van der Waals surface area contributed by atoms with Gasteiger partial charge in [0.1, 0.15) is 11.1 Å².